The average molecular weight is 372 g/mol. The zero-order chi connectivity index (χ0) is 19.3. The van der Waals surface area contributed by atoms with Gasteiger partial charge in [-0.2, -0.15) is 0 Å². The second kappa shape index (κ2) is 7.96. The Hall–Kier alpha value is -3.60. The predicted octanol–water partition coefficient (Wildman–Crippen LogP) is 5.09. The molecule has 4 aromatic rings. The van der Waals surface area contributed by atoms with Crippen molar-refractivity contribution in [1.82, 2.24) is 10.1 Å². The summed E-state index contributed by atoms with van der Waals surface area (Å²) in [6.45, 7) is 2.59. The number of carbonyl (C=O) groups excluding carboxylic acids is 1. The third kappa shape index (κ3) is 3.88. The Morgan fingerprint density at radius 2 is 1.68 bits per heavy atom. The fraction of sp³-hybridized carbons (Fsp3) is 0.130. The zero-order valence-electron chi connectivity index (χ0n) is 15.5. The molecule has 0 aliphatic carbocycles. The Bertz CT molecular complexity index is 1040. The number of hydrogen-bond donors (Lipinski definition) is 0. The van der Waals surface area contributed by atoms with E-state index in [1.165, 1.54) is 6.26 Å². The van der Waals surface area contributed by atoms with Gasteiger partial charge in [0.1, 0.15) is 17.6 Å². The quantitative estimate of drug-likeness (QED) is 0.473. The lowest BCUT2D eigenvalue weighted by molar-refractivity contribution is 0.0716. The van der Waals surface area contributed by atoms with Crippen LogP contribution in [0.3, 0.4) is 0 Å². The van der Waals surface area contributed by atoms with Gasteiger partial charge in [-0.15, -0.1) is 0 Å². The van der Waals surface area contributed by atoms with Gasteiger partial charge in [0.05, 0.1) is 18.5 Å². The van der Waals surface area contributed by atoms with E-state index >= 15 is 0 Å². The molecule has 0 saturated heterocycles. The summed E-state index contributed by atoms with van der Waals surface area (Å²) < 4.78 is 10.4. The van der Waals surface area contributed by atoms with Crippen LogP contribution in [0.25, 0.3) is 11.1 Å². The summed E-state index contributed by atoms with van der Waals surface area (Å²) in [5.41, 5.74) is 4.39. The number of aryl methyl sites for hydroxylation is 1. The number of amides is 1. The predicted molar refractivity (Wildman–Crippen MR) is 105 cm³/mol. The van der Waals surface area contributed by atoms with Gasteiger partial charge in [0.25, 0.3) is 5.91 Å². The van der Waals surface area contributed by atoms with Crippen molar-refractivity contribution in [3.05, 3.63) is 102 Å². The third-order valence-electron chi connectivity index (χ3n) is 4.63. The van der Waals surface area contributed by atoms with Crippen molar-refractivity contribution in [2.75, 3.05) is 0 Å². The van der Waals surface area contributed by atoms with Crippen molar-refractivity contribution in [2.24, 2.45) is 0 Å². The van der Waals surface area contributed by atoms with E-state index in [0.29, 0.717) is 24.3 Å². The molecule has 2 aromatic carbocycles. The van der Waals surface area contributed by atoms with Crippen LogP contribution in [0, 0.1) is 6.92 Å². The van der Waals surface area contributed by atoms with E-state index in [-0.39, 0.29) is 5.91 Å². The highest BCUT2D eigenvalue weighted by atomic mass is 16.5. The molecule has 0 unspecified atom stereocenters. The monoisotopic (exact) mass is 372 g/mol. The molecule has 4 rings (SSSR count). The molecule has 0 saturated carbocycles. The lowest BCUT2D eigenvalue weighted by Crippen LogP contribution is -2.30. The van der Waals surface area contributed by atoms with Crippen molar-refractivity contribution < 1.29 is 13.7 Å². The molecule has 5 nitrogen and oxygen atoms in total. The maximum atomic E-state index is 13.0. The maximum Gasteiger partial charge on any atom is 0.259 e. The maximum absolute atomic E-state index is 13.0. The van der Waals surface area contributed by atoms with Gasteiger partial charge in [-0.05, 0) is 35.7 Å². The van der Waals surface area contributed by atoms with Crippen LogP contribution in [-0.2, 0) is 13.1 Å². The number of rotatable bonds is 6. The third-order valence-corrected chi connectivity index (χ3v) is 4.63. The van der Waals surface area contributed by atoms with Gasteiger partial charge in [0, 0.05) is 6.54 Å². The van der Waals surface area contributed by atoms with Gasteiger partial charge in [-0.1, -0.05) is 59.8 Å². The molecule has 0 fully saturated rings. The molecule has 2 aromatic heterocycles. The number of carbonyl (C=O) groups is 1. The Morgan fingerprint density at radius 1 is 0.929 bits per heavy atom. The zero-order valence-corrected chi connectivity index (χ0v) is 15.5. The van der Waals surface area contributed by atoms with Crippen LogP contribution in [0.4, 0.5) is 0 Å². The van der Waals surface area contributed by atoms with E-state index in [1.807, 2.05) is 42.5 Å². The number of furan rings is 1. The van der Waals surface area contributed by atoms with Crippen LogP contribution in [0.1, 0.15) is 27.4 Å². The molecule has 0 N–H and O–H groups in total. The number of nitrogens with zero attached hydrogens (tertiary/aromatic N) is 2. The van der Waals surface area contributed by atoms with Gasteiger partial charge in [0.2, 0.25) is 0 Å². The Morgan fingerprint density at radius 3 is 2.32 bits per heavy atom. The lowest BCUT2D eigenvalue weighted by atomic mass is 10.0. The van der Waals surface area contributed by atoms with Crippen LogP contribution in [-0.4, -0.2) is 16.0 Å². The number of aromatic nitrogens is 1. The summed E-state index contributed by atoms with van der Waals surface area (Å²) in [4.78, 5) is 14.8. The second-order valence-corrected chi connectivity index (χ2v) is 6.62. The molecule has 0 aliphatic rings. The molecule has 0 radical (unpaired) electrons. The minimum atomic E-state index is -0.137. The second-order valence-electron chi connectivity index (χ2n) is 6.62. The van der Waals surface area contributed by atoms with E-state index in [9.17, 15) is 4.79 Å². The molecule has 28 heavy (non-hydrogen) atoms. The molecule has 5 heteroatoms. The summed E-state index contributed by atoms with van der Waals surface area (Å²) in [5.74, 6) is 0.589. The number of benzene rings is 2. The summed E-state index contributed by atoms with van der Waals surface area (Å²) >= 11 is 0. The summed E-state index contributed by atoms with van der Waals surface area (Å²) in [6, 6.07) is 22.1. The summed E-state index contributed by atoms with van der Waals surface area (Å²) in [5, 5.41) is 3.82. The summed E-state index contributed by atoms with van der Waals surface area (Å²) in [7, 11) is 0. The van der Waals surface area contributed by atoms with Gasteiger partial charge in [-0.3, -0.25) is 4.79 Å². The van der Waals surface area contributed by atoms with E-state index in [2.05, 4.69) is 29.4 Å². The van der Waals surface area contributed by atoms with Crippen molar-refractivity contribution in [1.29, 1.82) is 0 Å². The molecule has 140 valence electrons. The van der Waals surface area contributed by atoms with E-state index in [0.717, 1.165) is 22.5 Å². The molecular formula is C23H20N2O3. The highest BCUT2D eigenvalue weighted by Gasteiger charge is 2.21. The van der Waals surface area contributed by atoms with Crippen LogP contribution in [0.2, 0.25) is 0 Å². The van der Waals surface area contributed by atoms with E-state index in [4.69, 9.17) is 8.94 Å². The average Bonchev–Trinajstić information content (AvgIpc) is 3.40. The van der Waals surface area contributed by atoms with Crippen LogP contribution < -0.4 is 0 Å². The minimum absolute atomic E-state index is 0.137. The first kappa shape index (κ1) is 17.8. The van der Waals surface area contributed by atoms with Crippen molar-refractivity contribution in [3.8, 4) is 11.1 Å². The van der Waals surface area contributed by atoms with E-state index in [1.54, 1.807) is 18.1 Å². The largest absolute Gasteiger partial charge is 0.467 e. The Balaban J connectivity index is 1.56. The Labute approximate surface area is 163 Å². The molecule has 0 bridgehead atoms. The fourth-order valence-corrected chi connectivity index (χ4v) is 3.11. The molecule has 0 aliphatic heterocycles. The topological polar surface area (TPSA) is 59.5 Å². The van der Waals surface area contributed by atoms with Crippen LogP contribution in [0.5, 0.6) is 0 Å². The van der Waals surface area contributed by atoms with Gasteiger partial charge < -0.3 is 13.8 Å². The Kier molecular flexibility index (Phi) is 5.06. The normalized spacial score (nSPS) is 10.8. The summed E-state index contributed by atoms with van der Waals surface area (Å²) in [6.07, 6.45) is 3.00. The molecule has 0 spiro atoms. The first-order valence-corrected chi connectivity index (χ1v) is 9.08. The standard InChI is InChI=1S/C23H20N2O3/c1-17-22(16-28-24-17)23(26)25(15-21-8-5-13-27-21)14-18-9-11-20(12-10-18)19-6-3-2-4-7-19/h2-13,16H,14-15H2,1H3. The van der Waals surface area contributed by atoms with E-state index < -0.39 is 0 Å². The smallest absolute Gasteiger partial charge is 0.259 e. The molecule has 1 amide bonds. The van der Waals surface area contributed by atoms with Crippen LogP contribution >= 0.6 is 0 Å². The SMILES string of the molecule is Cc1nocc1C(=O)N(Cc1ccc(-c2ccccc2)cc1)Cc1ccco1. The minimum Gasteiger partial charge on any atom is -0.467 e. The van der Waals surface area contributed by atoms with Gasteiger partial charge in [-0.25, -0.2) is 0 Å². The van der Waals surface area contributed by atoms with Crippen molar-refractivity contribution >= 4 is 5.91 Å². The molecular weight excluding hydrogens is 352 g/mol. The van der Waals surface area contributed by atoms with Crippen LogP contribution in [0.15, 0.2) is 88.2 Å². The van der Waals surface area contributed by atoms with Crippen molar-refractivity contribution in [3.63, 3.8) is 0 Å². The van der Waals surface area contributed by atoms with Gasteiger partial charge in [0.15, 0.2) is 0 Å². The van der Waals surface area contributed by atoms with Crippen molar-refractivity contribution in [2.45, 2.75) is 20.0 Å². The highest BCUT2D eigenvalue weighted by molar-refractivity contribution is 5.94. The number of hydrogen-bond acceptors (Lipinski definition) is 4. The lowest BCUT2D eigenvalue weighted by Gasteiger charge is -2.21. The molecule has 0 atom stereocenters. The fourth-order valence-electron chi connectivity index (χ4n) is 3.11. The van der Waals surface area contributed by atoms with Gasteiger partial charge >= 0.3 is 0 Å². The molecule has 2 heterocycles. The first-order valence-electron chi connectivity index (χ1n) is 9.08. The first-order chi connectivity index (χ1) is 13.7. The highest BCUT2D eigenvalue weighted by Crippen LogP contribution is 2.21.